The third-order valence-corrected chi connectivity index (χ3v) is 4.13. The molecule has 0 bridgehead atoms. The minimum atomic E-state index is -0.368. The average Bonchev–Trinajstić information content (AvgIpc) is 3.11. The lowest BCUT2D eigenvalue weighted by Gasteiger charge is -2.12. The van der Waals surface area contributed by atoms with E-state index in [4.69, 9.17) is 4.74 Å². The zero-order valence-electron chi connectivity index (χ0n) is 13.4. The Morgan fingerprint density at radius 3 is 2.88 bits per heavy atom. The number of amides is 1. The molecule has 1 saturated heterocycles. The number of hydrazine groups is 1. The summed E-state index contributed by atoms with van der Waals surface area (Å²) in [5, 5.41) is 2.77. The molecule has 1 fully saturated rings. The summed E-state index contributed by atoms with van der Waals surface area (Å²) in [7, 11) is 1.62. The normalized spacial score (nSPS) is 19.9. The van der Waals surface area contributed by atoms with Gasteiger partial charge in [-0.25, -0.2) is 15.2 Å². The summed E-state index contributed by atoms with van der Waals surface area (Å²) in [6, 6.07) is 13.8. The molecule has 0 saturated carbocycles. The fourth-order valence-electron chi connectivity index (χ4n) is 2.75. The first-order chi connectivity index (χ1) is 11.7. The van der Waals surface area contributed by atoms with Crippen molar-refractivity contribution in [3.63, 3.8) is 0 Å². The van der Waals surface area contributed by atoms with E-state index in [-0.39, 0.29) is 30.4 Å². The van der Waals surface area contributed by atoms with E-state index in [2.05, 4.69) is 16.2 Å². The fourth-order valence-corrected chi connectivity index (χ4v) is 2.75. The number of hydrogen-bond acceptors (Lipinski definition) is 4. The summed E-state index contributed by atoms with van der Waals surface area (Å²) >= 11 is 0. The molecule has 2 unspecified atom stereocenters. The molecule has 0 aliphatic carbocycles. The summed E-state index contributed by atoms with van der Waals surface area (Å²) < 4.78 is 18.8. The first kappa shape index (κ1) is 16.4. The third-order valence-electron chi connectivity index (χ3n) is 4.13. The Morgan fingerprint density at radius 2 is 2.08 bits per heavy atom. The van der Waals surface area contributed by atoms with Crippen LogP contribution >= 0.6 is 0 Å². The van der Waals surface area contributed by atoms with Crippen LogP contribution < -0.4 is 20.9 Å². The maximum atomic E-state index is 13.6. The first-order valence-corrected chi connectivity index (χ1v) is 7.83. The highest BCUT2D eigenvalue weighted by molar-refractivity contribution is 5.82. The summed E-state index contributed by atoms with van der Waals surface area (Å²) in [5.41, 5.74) is 7.64. The van der Waals surface area contributed by atoms with Crippen molar-refractivity contribution >= 4 is 5.91 Å². The van der Waals surface area contributed by atoms with Gasteiger partial charge >= 0.3 is 0 Å². The second-order valence-electron chi connectivity index (χ2n) is 5.72. The van der Waals surface area contributed by atoms with Crippen molar-refractivity contribution in [2.24, 2.45) is 0 Å². The van der Waals surface area contributed by atoms with Gasteiger partial charge in [0.25, 0.3) is 0 Å². The van der Waals surface area contributed by atoms with Crippen molar-refractivity contribution in [1.29, 1.82) is 0 Å². The van der Waals surface area contributed by atoms with Gasteiger partial charge < -0.3 is 10.1 Å². The van der Waals surface area contributed by atoms with Crippen LogP contribution in [0.1, 0.15) is 23.6 Å². The number of halogens is 1. The van der Waals surface area contributed by atoms with Gasteiger partial charge in [-0.05, 0) is 30.2 Å². The van der Waals surface area contributed by atoms with E-state index >= 15 is 0 Å². The lowest BCUT2D eigenvalue weighted by Crippen LogP contribution is -2.42. The third kappa shape index (κ3) is 3.72. The van der Waals surface area contributed by atoms with Crippen LogP contribution in [-0.2, 0) is 11.3 Å². The molecule has 1 amide bonds. The van der Waals surface area contributed by atoms with Crippen molar-refractivity contribution in [2.75, 3.05) is 7.11 Å². The van der Waals surface area contributed by atoms with E-state index in [1.807, 2.05) is 24.3 Å². The Labute approximate surface area is 140 Å². The van der Waals surface area contributed by atoms with Crippen molar-refractivity contribution in [2.45, 2.75) is 25.0 Å². The minimum absolute atomic E-state index is 0.0179. The molecule has 126 valence electrons. The number of benzene rings is 2. The molecule has 3 N–H and O–H groups in total. The predicted octanol–water partition coefficient (Wildman–Crippen LogP) is 2.06. The highest BCUT2D eigenvalue weighted by atomic mass is 19.1. The largest absolute Gasteiger partial charge is 0.497 e. The Balaban J connectivity index is 1.57. The fraction of sp³-hybridized carbons (Fsp3) is 0.278. The first-order valence-electron chi connectivity index (χ1n) is 7.83. The lowest BCUT2D eigenvalue weighted by atomic mass is 10.0. The van der Waals surface area contributed by atoms with Crippen LogP contribution in [0.25, 0.3) is 0 Å². The molecule has 24 heavy (non-hydrogen) atoms. The van der Waals surface area contributed by atoms with Gasteiger partial charge in [-0.3, -0.25) is 4.79 Å². The molecule has 2 atom stereocenters. The molecule has 2 aromatic carbocycles. The summed E-state index contributed by atoms with van der Waals surface area (Å²) in [6.07, 6.45) is 0.607. The molecule has 5 nitrogen and oxygen atoms in total. The summed E-state index contributed by atoms with van der Waals surface area (Å²) in [5.74, 6) is 0.308. The SMILES string of the molecule is COc1cccc(C2CC(C(=O)NCc3ccccc3F)NN2)c1. The van der Waals surface area contributed by atoms with Crippen LogP contribution in [-0.4, -0.2) is 19.1 Å². The Bertz CT molecular complexity index is 723. The smallest absolute Gasteiger partial charge is 0.238 e. The second-order valence-corrected chi connectivity index (χ2v) is 5.72. The van der Waals surface area contributed by atoms with Crippen molar-refractivity contribution in [3.8, 4) is 5.75 Å². The van der Waals surface area contributed by atoms with E-state index < -0.39 is 0 Å². The zero-order valence-corrected chi connectivity index (χ0v) is 13.4. The van der Waals surface area contributed by atoms with Crippen molar-refractivity contribution < 1.29 is 13.9 Å². The maximum Gasteiger partial charge on any atom is 0.238 e. The second kappa shape index (κ2) is 7.42. The maximum absolute atomic E-state index is 13.6. The molecule has 0 radical (unpaired) electrons. The number of ether oxygens (including phenoxy) is 1. The Kier molecular flexibility index (Phi) is 5.08. The van der Waals surface area contributed by atoms with E-state index in [1.54, 1.807) is 25.3 Å². The van der Waals surface area contributed by atoms with Gasteiger partial charge in [0.15, 0.2) is 0 Å². The number of methoxy groups -OCH3 is 1. The molecule has 6 heteroatoms. The average molecular weight is 329 g/mol. The highest BCUT2D eigenvalue weighted by Crippen LogP contribution is 2.25. The Morgan fingerprint density at radius 1 is 1.25 bits per heavy atom. The van der Waals surface area contributed by atoms with E-state index in [0.29, 0.717) is 12.0 Å². The minimum Gasteiger partial charge on any atom is -0.497 e. The predicted molar refractivity (Wildman–Crippen MR) is 88.7 cm³/mol. The van der Waals surface area contributed by atoms with Gasteiger partial charge in [-0.15, -0.1) is 0 Å². The van der Waals surface area contributed by atoms with Crippen LogP contribution in [0.5, 0.6) is 5.75 Å². The van der Waals surface area contributed by atoms with Crippen LogP contribution in [0.4, 0.5) is 4.39 Å². The number of carbonyl (C=O) groups excluding carboxylic acids is 1. The lowest BCUT2D eigenvalue weighted by molar-refractivity contribution is -0.123. The highest BCUT2D eigenvalue weighted by Gasteiger charge is 2.30. The standard InChI is InChI=1S/C18H20FN3O2/c1-24-14-7-4-6-12(9-14)16-10-17(22-21-16)18(23)20-11-13-5-2-3-8-15(13)19/h2-9,16-17,21-22H,10-11H2,1H3,(H,20,23). The van der Waals surface area contributed by atoms with Crippen molar-refractivity contribution in [3.05, 3.63) is 65.5 Å². The molecular weight excluding hydrogens is 309 g/mol. The van der Waals surface area contributed by atoms with Gasteiger partial charge in [-0.2, -0.15) is 0 Å². The quantitative estimate of drug-likeness (QED) is 0.786. The molecule has 1 heterocycles. The number of hydrogen-bond donors (Lipinski definition) is 3. The molecule has 1 aliphatic rings. The van der Waals surface area contributed by atoms with E-state index in [9.17, 15) is 9.18 Å². The number of nitrogens with one attached hydrogen (secondary N) is 3. The molecule has 1 aliphatic heterocycles. The van der Waals surface area contributed by atoms with Crippen molar-refractivity contribution in [1.82, 2.24) is 16.2 Å². The monoisotopic (exact) mass is 329 g/mol. The van der Waals surface area contributed by atoms with Crippen LogP contribution in [0, 0.1) is 5.82 Å². The molecule has 0 spiro atoms. The summed E-state index contributed by atoms with van der Waals surface area (Å²) in [6.45, 7) is 0.174. The molecule has 2 aromatic rings. The van der Waals surface area contributed by atoms with E-state index in [0.717, 1.165) is 11.3 Å². The van der Waals surface area contributed by atoms with Gasteiger partial charge in [0.1, 0.15) is 17.6 Å². The van der Waals surface area contributed by atoms with E-state index in [1.165, 1.54) is 6.07 Å². The van der Waals surface area contributed by atoms with Crippen LogP contribution in [0.3, 0.4) is 0 Å². The van der Waals surface area contributed by atoms with Gasteiger partial charge in [-0.1, -0.05) is 30.3 Å². The number of rotatable bonds is 5. The van der Waals surface area contributed by atoms with Crippen LogP contribution in [0.15, 0.2) is 48.5 Å². The molecule has 0 aromatic heterocycles. The zero-order chi connectivity index (χ0) is 16.9. The van der Waals surface area contributed by atoms with Gasteiger partial charge in [0.2, 0.25) is 5.91 Å². The number of carbonyl (C=O) groups is 1. The van der Waals surface area contributed by atoms with Crippen LogP contribution in [0.2, 0.25) is 0 Å². The van der Waals surface area contributed by atoms with Gasteiger partial charge in [0.05, 0.1) is 7.11 Å². The topological polar surface area (TPSA) is 62.4 Å². The Hall–Kier alpha value is -2.44. The molecule has 3 rings (SSSR count). The van der Waals surface area contributed by atoms with Gasteiger partial charge in [0, 0.05) is 18.2 Å². The summed E-state index contributed by atoms with van der Waals surface area (Å²) in [4.78, 5) is 12.3. The molecular formula is C18H20FN3O2.